The molecule has 0 radical (unpaired) electrons. The largest absolute Gasteiger partial charge is 0.478 e. The minimum Gasteiger partial charge on any atom is -0.478 e. The Kier molecular flexibility index (Phi) is 4.15. The zero-order valence-electron chi connectivity index (χ0n) is 9.62. The molecule has 0 fully saturated rings. The highest BCUT2D eigenvalue weighted by molar-refractivity contribution is 9.11. The Labute approximate surface area is 124 Å². The fourth-order valence-electron chi connectivity index (χ4n) is 1.45. The van der Waals surface area contributed by atoms with Gasteiger partial charge in [-0.3, -0.25) is 4.79 Å². The van der Waals surface area contributed by atoms with E-state index in [-0.39, 0.29) is 5.69 Å². The molecule has 2 rings (SSSR count). The number of hydrogen-bond acceptors (Lipinski definition) is 3. The number of carboxylic acid groups (broad SMARTS) is 1. The van der Waals surface area contributed by atoms with Crippen LogP contribution in [0, 0.1) is 11.6 Å². The standard InChI is InChI=1S/C12H6BrF2NO3S/c13-10-2-1-9(20-10)11(17)16-8-4-7(15)6(14)3-5(8)12(18)19/h1-4H,(H,16,17)(H,18,19). The van der Waals surface area contributed by atoms with Crippen molar-refractivity contribution in [3.8, 4) is 0 Å². The number of carboxylic acids is 1. The molecule has 0 aliphatic rings. The Morgan fingerprint density at radius 1 is 1.20 bits per heavy atom. The molecule has 104 valence electrons. The number of nitrogens with one attached hydrogen (secondary N) is 1. The van der Waals surface area contributed by atoms with Gasteiger partial charge in [-0.05, 0) is 34.1 Å². The topological polar surface area (TPSA) is 66.4 Å². The van der Waals surface area contributed by atoms with E-state index in [9.17, 15) is 18.4 Å². The van der Waals surface area contributed by atoms with E-state index in [2.05, 4.69) is 21.2 Å². The number of halogens is 3. The summed E-state index contributed by atoms with van der Waals surface area (Å²) in [6, 6.07) is 4.32. The van der Waals surface area contributed by atoms with E-state index < -0.39 is 29.1 Å². The number of carbonyl (C=O) groups excluding carboxylic acids is 1. The predicted octanol–water partition coefficient (Wildman–Crippen LogP) is 3.74. The molecule has 20 heavy (non-hydrogen) atoms. The third kappa shape index (κ3) is 3.02. The highest BCUT2D eigenvalue weighted by Gasteiger charge is 2.18. The van der Waals surface area contributed by atoms with E-state index in [1.165, 1.54) is 6.07 Å². The number of benzene rings is 1. The van der Waals surface area contributed by atoms with Crippen LogP contribution in [0.15, 0.2) is 28.1 Å². The van der Waals surface area contributed by atoms with Gasteiger partial charge in [-0.25, -0.2) is 13.6 Å². The average Bonchev–Trinajstić information content (AvgIpc) is 2.80. The molecule has 0 spiro atoms. The summed E-state index contributed by atoms with van der Waals surface area (Å²) in [5, 5.41) is 11.2. The van der Waals surface area contributed by atoms with Crippen molar-refractivity contribution < 1.29 is 23.5 Å². The van der Waals surface area contributed by atoms with Gasteiger partial charge in [-0.15, -0.1) is 11.3 Å². The normalized spacial score (nSPS) is 10.3. The van der Waals surface area contributed by atoms with Crippen LogP contribution < -0.4 is 5.32 Å². The van der Waals surface area contributed by atoms with Gasteiger partial charge in [-0.1, -0.05) is 0 Å². The van der Waals surface area contributed by atoms with E-state index in [4.69, 9.17) is 5.11 Å². The smallest absolute Gasteiger partial charge is 0.337 e. The fraction of sp³-hybridized carbons (Fsp3) is 0. The van der Waals surface area contributed by atoms with Crippen LogP contribution in [0.25, 0.3) is 0 Å². The molecule has 4 nitrogen and oxygen atoms in total. The van der Waals surface area contributed by atoms with Crippen molar-refractivity contribution in [2.75, 3.05) is 5.32 Å². The summed E-state index contributed by atoms with van der Waals surface area (Å²) in [4.78, 5) is 23.1. The second-order valence-corrected chi connectivity index (χ2v) is 6.14. The van der Waals surface area contributed by atoms with Crippen LogP contribution in [0.1, 0.15) is 20.0 Å². The van der Waals surface area contributed by atoms with Crippen molar-refractivity contribution in [3.63, 3.8) is 0 Å². The monoisotopic (exact) mass is 361 g/mol. The maximum Gasteiger partial charge on any atom is 0.337 e. The molecule has 1 aromatic carbocycles. The van der Waals surface area contributed by atoms with Gasteiger partial charge >= 0.3 is 5.97 Å². The first-order valence-corrected chi connectivity index (χ1v) is 6.78. The minimum atomic E-state index is -1.47. The summed E-state index contributed by atoms with van der Waals surface area (Å²) >= 11 is 4.31. The molecule has 0 aliphatic carbocycles. The van der Waals surface area contributed by atoms with Gasteiger partial charge < -0.3 is 10.4 Å². The van der Waals surface area contributed by atoms with Crippen LogP contribution in [0.5, 0.6) is 0 Å². The zero-order chi connectivity index (χ0) is 14.9. The molecule has 2 N–H and O–H groups in total. The molecule has 1 amide bonds. The highest BCUT2D eigenvalue weighted by atomic mass is 79.9. The highest BCUT2D eigenvalue weighted by Crippen LogP contribution is 2.25. The summed E-state index contributed by atoms with van der Waals surface area (Å²) in [7, 11) is 0. The van der Waals surface area contributed by atoms with Crippen LogP contribution in [0.2, 0.25) is 0 Å². The number of anilines is 1. The first kappa shape index (κ1) is 14.6. The van der Waals surface area contributed by atoms with Crippen LogP contribution in [-0.4, -0.2) is 17.0 Å². The third-order valence-electron chi connectivity index (χ3n) is 2.34. The SMILES string of the molecule is O=C(Nc1cc(F)c(F)cc1C(=O)O)c1ccc(Br)s1. The van der Waals surface area contributed by atoms with Gasteiger partial charge in [0.25, 0.3) is 5.91 Å². The quantitative estimate of drug-likeness (QED) is 0.874. The van der Waals surface area contributed by atoms with E-state index in [0.717, 1.165) is 11.3 Å². The molecular formula is C12H6BrF2NO3S. The van der Waals surface area contributed by atoms with Crippen LogP contribution in [-0.2, 0) is 0 Å². The van der Waals surface area contributed by atoms with Gasteiger partial charge in [0.15, 0.2) is 11.6 Å². The van der Waals surface area contributed by atoms with E-state index in [1.807, 2.05) is 0 Å². The van der Waals surface area contributed by atoms with Crippen LogP contribution in [0.4, 0.5) is 14.5 Å². The molecule has 1 heterocycles. The number of hydrogen-bond donors (Lipinski definition) is 2. The van der Waals surface area contributed by atoms with Crippen LogP contribution in [0.3, 0.4) is 0 Å². The molecule has 1 aromatic heterocycles. The van der Waals surface area contributed by atoms with Crippen molar-refractivity contribution in [1.29, 1.82) is 0 Å². The number of rotatable bonds is 3. The molecule has 0 saturated heterocycles. The van der Waals surface area contributed by atoms with E-state index in [1.54, 1.807) is 6.07 Å². The van der Waals surface area contributed by atoms with E-state index in [0.29, 0.717) is 20.8 Å². The summed E-state index contributed by atoms with van der Waals surface area (Å²) in [6.45, 7) is 0. The van der Waals surface area contributed by atoms with Crippen molar-refractivity contribution in [1.82, 2.24) is 0 Å². The third-order valence-corrected chi connectivity index (χ3v) is 3.96. The molecule has 0 bridgehead atoms. The molecule has 0 saturated carbocycles. The lowest BCUT2D eigenvalue weighted by molar-refractivity contribution is 0.0697. The minimum absolute atomic E-state index is 0.300. The lowest BCUT2D eigenvalue weighted by atomic mass is 10.1. The summed E-state index contributed by atoms with van der Waals surface area (Å²) in [5.41, 5.74) is -0.821. The second kappa shape index (κ2) is 5.68. The van der Waals surface area contributed by atoms with Crippen molar-refractivity contribution >= 4 is 44.8 Å². The van der Waals surface area contributed by atoms with Crippen molar-refractivity contribution in [2.45, 2.75) is 0 Å². The van der Waals surface area contributed by atoms with Crippen LogP contribution >= 0.6 is 27.3 Å². The number of aromatic carboxylic acids is 1. The summed E-state index contributed by atoms with van der Waals surface area (Å²) < 4.78 is 26.9. The molecule has 0 unspecified atom stereocenters. The maximum absolute atomic E-state index is 13.2. The lowest BCUT2D eigenvalue weighted by Gasteiger charge is -2.08. The molecule has 0 aliphatic heterocycles. The number of carbonyl (C=O) groups is 2. The maximum atomic E-state index is 13.2. The summed E-state index contributed by atoms with van der Waals surface area (Å²) in [6.07, 6.45) is 0. The Hall–Kier alpha value is -1.80. The first-order chi connectivity index (χ1) is 9.38. The van der Waals surface area contributed by atoms with Crippen molar-refractivity contribution in [3.05, 3.63) is 50.1 Å². The molecular weight excluding hydrogens is 356 g/mol. The molecule has 8 heteroatoms. The second-order valence-electron chi connectivity index (χ2n) is 3.67. The fourth-order valence-corrected chi connectivity index (χ4v) is 2.73. The number of amides is 1. The Morgan fingerprint density at radius 3 is 2.40 bits per heavy atom. The number of thiophene rings is 1. The lowest BCUT2D eigenvalue weighted by Crippen LogP contribution is -2.14. The zero-order valence-corrected chi connectivity index (χ0v) is 12.0. The Morgan fingerprint density at radius 2 is 1.85 bits per heavy atom. The predicted molar refractivity (Wildman–Crippen MR) is 73.3 cm³/mol. The molecule has 2 aromatic rings. The Balaban J connectivity index is 2.35. The van der Waals surface area contributed by atoms with Crippen molar-refractivity contribution in [2.24, 2.45) is 0 Å². The van der Waals surface area contributed by atoms with Gasteiger partial charge in [0.05, 0.1) is 19.9 Å². The van der Waals surface area contributed by atoms with Gasteiger partial charge in [-0.2, -0.15) is 0 Å². The Bertz CT molecular complexity index is 702. The first-order valence-electron chi connectivity index (χ1n) is 5.17. The molecule has 0 atom stereocenters. The van der Waals surface area contributed by atoms with Gasteiger partial charge in [0, 0.05) is 6.07 Å². The van der Waals surface area contributed by atoms with Gasteiger partial charge in [0.2, 0.25) is 0 Å². The van der Waals surface area contributed by atoms with E-state index >= 15 is 0 Å². The average molecular weight is 362 g/mol. The summed E-state index contributed by atoms with van der Waals surface area (Å²) in [5.74, 6) is -4.60. The van der Waals surface area contributed by atoms with Gasteiger partial charge in [0.1, 0.15) is 0 Å².